The van der Waals surface area contributed by atoms with E-state index in [1.807, 2.05) is 24.3 Å². The van der Waals surface area contributed by atoms with Gasteiger partial charge in [0, 0.05) is 36.4 Å². The fraction of sp³-hybridized carbons (Fsp3) is 0.320. The fourth-order valence-electron chi connectivity index (χ4n) is 4.06. The number of carbonyl (C=O) groups is 1. The first kappa shape index (κ1) is 21.7. The Morgan fingerprint density at radius 3 is 2.81 bits per heavy atom. The lowest BCUT2D eigenvalue weighted by molar-refractivity contribution is -0.0261. The molecule has 0 spiro atoms. The number of thiophene rings is 1. The minimum atomic E-state index is -0.163. The summed E-state index contributed by atoms with van der Waals surface area (Å²) in [5, 5.41) is 13.0. The average Bonchev–Trinajstić information content (AvgIpc) is 3.18. The van der Waals surface area contributed by atoms with E-state index in [2.05, 4.69) is 53.5 Å². The van der Waals surface area contributed by atoms with E-state index >= 15 is 0 Å². The molecule has 4 rings (SSSR count). The Hall–Kier alpha value is -2.51. The Balaban J connectivity index is 1.56. The smallest absolute Gasteiger partial charge is 0.261 e. The molecule has 0 unspecified atom stereocenters. The van der Waals surface area contributed by atoms with Gasteiger partial charge in [-0.05, 0) is 23.9 Å². The Labute approximate surface area is 187 Å². The van der Waals surface area contributed by atoms with E-state index in [4.69, 9.17) is 9.84 Å². The first-order valence-corrected chi connectivity index (χ1v) is 11.4. The number of hydrogen-bond acceptors (Lipinski definition) is 5. The molecular formula is C25H28N2O3S. The van der Waals surface area contributed by atoms with E-state index in [0.717, 1.165) is 35.3 Å². The molecule has 1 amide bonds. The maximum absolute atomic E-state index is 12.8. The van der Waals surface area contributed by atoms with Crippen LogP contribution in [0.15, 0.2) is 60.2 Å². The van der Waals surface area contributed by atoms with E-state index in [9.17, 15) is 4.79 Å². The molecule has 0 radical (unpaired) electrons. The van der Waals surface area contributed by atoms with Crippen molar-refractivity contribution in [2.24, 2.45) is 0 Å². The lowest BCUT2D eigenvalue weighted by atomic mass is 10.0. The first-order chi connectivity index (χ1) is 15.2. The highest BCUT2D eigenvalue weighted by atomic mass is 32.1. The van der Waals surface area contributed by atoms with Gasteiger partial charge in [0.15, 0.2) is 0 Å². The largest absolute Gasteiger partial charge is 0.395 e. The van der Waals surface area contributed by atoms with Crippen molar-refractivity contribution in [3.05, 3.63) is 76.2 Å². The van der Waals surface area contributed by atoms with Crippen LogP contribution in [-0.4, -0.2) is 55.3 Å². The Morgan fingerprint density at radius 2 is 2.00 bits per heavy atom. The van der Waals surface area contributed by atoms with Gasteiger partial charge in [-0.2, -0.15) is 0 Å². The summed E-state index contributed by atoms with van der Waals surface area (Å²) in [6, 6.07) is 18.4. The Morgan fingerprint density at radius 1 is 1.23 bits per heavy atom. The number of ether oxygens (including phenoxy) is 1. The molecule has 0 aliphatic carbocycles. The van der Waals surface area contributed by atoms with E-state index in [1.54, 1.807) is 0 Å². The van der Waals surface area contributed by atoms with Gasteiger partial charge in [0.05, 0.1) is 24.2 Å². The zero-order valence-corrected chi connectivity index (χ0v) is 18.5. The van der Waals surface area contributed by atoms with Gasteiger partial charge in [0.25, 0.3) is 5.91 Å². The van der Waals surface area contributed by atoms with Crippen LogP contribution in [0.1, 0.15) is 33.8 Å². The standard InChI is InChI=1S/C25H28N2O3S/c1-18(15-19-7-3-2-4-8-19)16-27-12-14-30-21(17-27)23-20-9-5-6-10-22(20)31-24(23)25(29)26-11-13-28/h2-10,15,21,28H,11-14,16-17H2,1H3,(H,26,29)/b18-15+/t21-/m1/s1. The van der Waals surface area contributed by atoms with Crippen molar-refractivity contribution >= 4 is 33.4 Å². The number of nitrogens with zero attached hydrogens (tertiary/aromatic N) is 1. The van der Waals surface area contributed by atoms with Crippen LogP contribution in [0.3, 0.4) is 0 Å². The summed E-state index contributed by atoms with van der Waals surface area (Å²) in [4.78, 5) is 15.9. The molecule has 6 heteroatoms. The monoisotopic (exact) mass is 436 g/mol. The Bertz CT molecular complexity index is 1060. The second-order valence-corrected chi connectivity index (χ2v) is 8.87. The summed E-state index contributed by atoms with van der Waals surface area (Å²) in [6.07, 6.45) is 2.06. The minimum absolute atomic E-state index is 0.0767. The quantitative estimate of drug-likeness (QED) is 0.585. The van der Waals surface area contributed by atoms with Crippen molar-refractivity contribution in [2.45, 2.75) is 13.0 Å². The summed E-state index contributed by atoms with van der Waals surface area (Å²) in [7, 11) is 0. The number of aliphatic hydroxyl groups is 1. The first-order valence-electron chi connectivity index (χ1n) is 10.6. The molecule has 1 fully saturated rings. The Kier molecular flexibility index (Phi) is 7.14. The molecule has 1 aliphatic heterocycles. The molecule has 1 aliphatic rings. The number of benzene rings is 2. The number of morpholine rings is 1. The fourth-order valence-corrected chi connectivity index (χ4v) is 5.23. The molecule has 2 aromatic carbocycles. The van der Waals surface area contributed by atoms with Crippen LogP contribution in [-0.2, 0) is 4.74 Å². The van der Waals surface area contributed by atoms with Gasteiger partial charge < -0.3 is 15.2 Å². The van der Waals surface area contributed by atoms with Gasteiger partial charge in [0.2, 0.25) is 0 Å². The third kappa shape index (κ3) is 5.22. The summed E-state index contributed by atoms with van der Waals surface area (Å²) >= 11 is 1.49. The van der Waals surface area contributed by atoms with Crippen LogP contribution >= 0.6 is 11.3 Å². The summed E-state index contributed by atoms with van der Waals surface area (Å²) in [6.45, 7) is 5.42. The third-order valence-corrected chi connectivity index (χ3v) is 6.58. The van der Waals surface area contributed by atoms with Crippen molar-refractivity contribution in [3.63, 3.8) is 0 Å². The summed E-state index contributed by atoms with van der Waals surface area (Å²) in [5.74, 6) is -0.147. The van der Waals surface area contributed by atoms with E-state index in [0.29, 0.717) is 11.5 Å². The summed E-state index contributed by atoms with van der Waals surface area (Å²) < 4.78 is 7.25. The predicted octanol–water partition coefficient (Wildman–Crippen LogP) is 4.10. The summed E-state index contributed by atoms with van der Waals surface area (Å²) in [5.41, 5.74) is 3.46. The second kappa shape index (κ2) is 10.2. The highest BCUT2D eigenvalue weighted by Crippen LogP contribution is 2.38. The van der Waals surface area contributed by atoms with Crippen molar-refractivity contribution in [2.75, 3.05) is 39.4 Å². The molecule has 2 N–H and O–H groups in total. The molecule has 1 saturated heterocycles. The topological polar surface area (TPSA) is 61.8 Å². The van der Waals surface area contributed by atoms with Crippen molar-refractivity contribution in [1.82, 2.24) is 10.2 Å². The highest BCUT2D eigenvalue weighted by Gasteiger charge is 2.29. The third-order valence-electron chi connectivity index (χ3n) is 5.40. The number of aliphatic hydroxyl groups excluding tert-OH is 1. The predicted molar refractivity (Wildman–Crippen MR) is 126 cm³/mol. The molecule has 1 atom stereocenters. The number of amides is 1. The van der Waals surface area contributed by atoms with Crippen LogP contribution < -0.4 is 5.32 Å². The maximum Gasteiger partial charge on any atom is 0.261 e. The lowest BCUT2D eigenvalue weighted by Crippen LogP contribution is -2.39. The molecule has 0 bridgehead atoms. The van der Waals surface area contributed by atoms with Crippen molar-refractivity contribution < 1.29 is 14.6 Å². The van der Waals surface area contributed by atoms with Crippen LogP contribution in [0.2, 0.25) is 0 Å². The van der Waals surface area contributed by atoms with Crippen molar-refractivity contribution in [3.8, 4) is 0 Å². The van der Waals surface area contributed by atoms with Crippen LogP contribution in [0.5, 0.6) is 0 Å². The molecule has 2 heterocycles. The molecule has 0 saturated carbocycles. The number of carbonyl (C=O) groups excluding carboxylic acids is 1. The van der Waals surface area contributed by atoms with Gasteiger partial charge in [-0.25, -0.2) is 0 Å². The average molecular weight is 437 g/mol. The molecule has 5 nitrogen and oxygen atoms in total. The second-order valence-electron chi connectivity index (χ2n) is 7.82. The SMILES string of the molecule is C/C(=C\c1ccccc1)CN1CCO[C@@H](c2c(C(=O)NCCO)sc3ccccc23)C1. The normalized spacial score (nSPS) is 17.7. The van der Waals surface area contributed by atoms with Gasteiger partial charge in [-0.3, -0.25) is 9.69 Å². The van der Waals surface area contributed by atoms with Crippen LogP contribution in [0, 0.1) is 0 Å². The number of fused-ring (bicyclic) bond motifs is 1. The molecule has 162 valence electrons. The van der Waals surface area contributed by atoms with Gasteiger partial charge in [0.1, 0.15) is 0 Å². The molecule has 3 aromatic rings. The zero-order chi connectivity index (χ0) is 21.6. The zero-order valence-electron chi connectivity index (χ0n) is 17.7. The van der Waals surface area contributed by atoms with Gasteiger partial charge in [-0.1, -0.05) is 60.2 Å². The number of hydrogen-bond donors (Lipinski definition) is 2. The van der Waals surface area contributed by atoms with E-state index in [1.165, 1.54) is 22.5 Å². The van der Waals surface area contributed by atoms with Crippen molar-refractivity contribution in [1.29, 1.82) is 0 Å². The lowest BCUT2D eigenvalue weighted by Gasteiger charge is -2.33. The maximum atomic E-state index is 12.8. The molecule has 31 heavy (non-hydrogen) atoms. The van der Waals surface area contributed by atoms with E-state index in [-0.39, 0.29) is 25.2 Å². The van der Waals surface area contributed by atoms with Gasteiger partial charge >= 0.3 is 0 Å². The minimum Gasteiger partial charge on any atom is -0.395 e. The van der Waals surface area contributed by atoms with Crippen LogP contribution in [0.4, 0.5) is 0 Å². The van der Waals surface area contributed by atoms with Gasteiger partial charge in [-0.15, -0.1) is 11.3 Å². The number of rotatable bonds is 7. The van der Waals surface area contributed by atoms with E-state index < -0.39 is 0 Å². The molecule has 1 aromatic heterocycles. The number of nitrogens with one attached hydrogen (secondary N) is 1. The molecular weight excluding hydrogens is 408 g/mol. The highest BCUT2D eigenvalue weighted by molar-refractivity contribution is 7.21. The van der Waals surface area contributed by atoms with Crippen LogP contribution in [0.25, 0.3) is 16.2 Å².